The molecule has 1 N–H and O–H groups in total. The Morgan fingerprint density at radius 1 is 1.14 bits per heavy atom. The fourth-order valence-corrected chi connectivity index (χ4v) is 5.89. The third-order valence-corrected chi connectivity index (χ3v) is 7.64. The van der Waals surface area contributed by atoms with E-state index in [9.17, 15) is 9.59 Å². The first-order valence-corrected chi connectivity index (χ1v) is 12.5. The van der Waals surface area contributed by atoms with E-state index in [1.54, 1.807) is 0 Å². The predicted molar refractivity (Wildman–Crippen MR) is 140 cm³/mol. The van der Waals surface area contributed by atoms with Gasteiger partial charge in [0.25, 0.3) is 5.56 Å². The summed E-state index contributed by atoms with van der Waals surface area (Å²) in [6.45, 7) is 10.3. The highest BCUT2D eigenvalue weighted by Gasteiger charge is 2.38. The van der Waals surface area contributed by atoms with E-state index >= 15 is 0 Å². The highest BCUT2D eigenvalue weighted by Crippen LogP contribution is 2.50. The van der Waals surface area contributed by atoms with Gasteiger partial charge in [0.1, 0.15) is 5.56 Å². The Labute approximate surface area is 207 Å². The van der Waals surface area contributed by atoms with Crippen molar-refractivity contribution < 1.29 is 9.53 Å². The van der Waals surface area contributed by atoms with Gasteiger partial charge >= 0.3 is 5.97 Å². The van der Waals surface area contributed by atoms with E-state index in [1.807, 2.05) is 41.0 Å². The second-order valence-electron chi connectivity index (χ2n) is 11.0. The van der Waals surface area contributed by atoms with Crippen LogP contribution in [0.2, 0.25) is 0 Å². The van der Waals surface area contributed by atoms with Gasteiger partial charge in [0.05, 0.1) is 19.3 Å². The van der Waals surface area contributed by atoms with Gasteiger partial charge in [0, 0.05) is 17.8 Å². The first kappa shape index (κ1) is 23.4. The van der Waals surface area contributed by atoms with Crippen molar-refractivity contribution >= 4 is 11.7 Å². The number of methoxy groups -OCH3 is 1. The van der Waals surface area contributed by atoms with Crippen LogP contribution in [-0.2, 0) is 24.1 Å². The van der Waals surface area contributed by atoms with Gasteiger partial charge in [0.15, 0.2) is 0 Å². The van der Waals surface area contributed by atoms with Crippen molar-refractivity contribution in [3.05, 3.63) is 86.2 Å². The largest absolute Gasteiger partial charge is 0.465 e. The third-order valence-electron chi connectivity index (χ3n) is 7.64. The van der Waals surface area contributed by atoms with Crippen LogP contribution in [0.5, 0.6) is 0 Å². The number of hydrogen-bond donors (Lipinski definition) is 1. The van der Waals surface area contributed by atoms with Gasteiger partial charge in [-0.2, -0.15) is 0 Å². The Morgan fingerprint density at radius 2 is 1.89 bits per heavy atom. The molecule has 2 aromatic carbocycles. The van der Waals surface area contributed by atoms with Crippen molar-refractivity contribution in [1.82, 2.24) is 4.57 Å². The standard InChI is InChI=1S/C30H34N2O3/c1-18-14-22-21(20-12-9-13-31-26(18)20)16-25(30(2,3)4)23-15-24(29(34)35-5)28(33)32(27(22)23)17-19-10-7-6-8-11-19/h6-8,10-11,14-15,25,31H,9,12-13,16-17H2,1-5H3. The van der Waals surface area contributed by atoms with Gasteiger partial charge in [-0.15, -0.1) is 0 Å². The molecule has 5 rings (SSSR count). The minimum atomic E-state index is -0.580. The fourth-order valence-electron chi connectivity index (χ4n) is 5.89. The van der Waals surface area contributed by atoms with E-state index in [0.717, 1.165) is 48.2 Å². The lowest BCUT2D eigenvalue weighted by Crippen LogP contribution is -2.35. The molecular formula is C30H34N2O3. The Hall–Kier alpha value is -3.34. The van der Waals surface area contributed by atoms with Crippen molar-refractivity contribution in [2.24, 2.45) is 5.41 Å². The maximum atomic E-state index is 13.8. The molecule has 5 nitrogen and oxygen atoms in total. The van der Waals surface area contributed by atoms with Crippen LogP contribution in [0.3, 0.4) is 0 Å². The Kier molecular flexibility index (Phi) is 5.82. The molecule has 0 saturated heterocycles. The number of carbonyl (C=O) groups is 1. The number of pyridine rings is 1. The molecule has 182 valence electrons. The number of esters is 1. The molecule has 0 bridgehead atoms. The number of rotatable bonds is 3. The van der Waals surface area contributed by atoms with Crippen molar-refractivity contribution in [1.29, 1.82) is 0 Å². The molecule has 1 atom stereocenters. The zero-order chi connectivity index (χ0) is 24.9. The van der Waals surface area contributed by atoms with Crippen LogP contribution in [0.25, 0.3) is 11.3 Å². The summed E-state index contributed by atoms with van der Waals surface area (Å²) in [7, 11) is 1.34. The van der Waals surface area contributed by atoms with Gasteiger partial charge in [0.2, 0.25) is 0 Å². The highest BCUT2D eigenvalue weighted by molar-refractivity contribution is 5.90. The molecule has 0 amide bonds. The zero-order valence-electron chi connectivity index (χ0n) is 21.3. The van der Waals surface area contributed by atoms with Gasteiger partial charge in [-0.3, -0.25) is 4.79 Å². The molecule has 2 heterocycles. The van der Waals surface area contributed by atoms with Gasteiger partial charge in [-0.25, -0.2) is 4.79 Å². The molecule has 35 heavy (non-hydrogen) atoms. The number of nitrogens with zero attached hydrogens (tertiary/aromatic N) is 1. The van der Waals surface area contributed by atoms with Crippen LogP contribution in [-0.4, -0.2) is 24.2 Å². The number of anilines is 1. The maximum Gasteiger partial charge on any atom is 0.343 e. The van der Waals surface area contributed by atoms with Crippen LogP contribution >= 0.6 is 0 Å². The summed E-state index contributed by atoms with van der Waals surface area (Å²) in [4.78, 5) is 26.6. The molecule has 0 fully saturated rings. The lowest BCUT2D eigenvalue weighted by molar-refractivity contribution is 0.0597. The van der Waals surface area contributed by atoms with Gasteiger partial charge in [-0.1, -0.05) is 51.1 Å². The number of aryl methyl sites for hydroxylation is 1. The van der Waals surface area contributed by atoms with Crippen molar-refractivity contribution in [2.45, 2.75) is 59.4 Å². The first-order chi connectivity index (χ1) is 16.7. The summed E-state index contributed by atoms with van der Waals surface area (Å²) in [5.41, 5.74) is 9.11. The van der Waals surface area contributed by atoms with E-state index < -0.39 is 5.97 Å². The average molecular weight is 471 g/mol. The molecule has 1 aliphatic heterocycles. The summed E-state index contributed by atoms with van der Waals surface area (Å²) in [5, 5.41) is 3.63. The number of carbonyl (C=O) groups excluding carboxylic acids is 1. The lowest BCUT2D eigenvalue weighted by atomic mass is 9.67. The fraction of sp³-hybridized carbons (Fsp3) is 0.400. The number of ether oxygens (including phenoxy) is 1. The van der Waals surface area contributed by atoms with Crippen LogP contribution in [0.4, 0.5) is 5.69 Å². The molecule has 2 aliphatic rings. The van der Waals surface area contributed by atoms with E-state index in [4.69, 9.17) is 4.74 Å². The summed E-state index contributed by atoms with van der Waals surface area (Å²) in [5.74, 6) is -0.423. The molecule has 0 radical (unpaired) electrons. The van der Waals surface area contributed by atoms with Crippen molar-refractivity contribution in [3.63, 3.8) is 0 Å². The third kappa shape index (κ3) is 3.97. The van der Waals surface area contributed by atoms with Crippen molar-refractivity contribution in [2.75, 3.05) is 19.0 Å². The summed E-state index contributed by atoms with van der Waals surface area (Å²) >= 11 is 0. The Morgan fingerprint density at radius 3 is 2.57 bits per heavy atom. The first-order valence-electron chi connectivity index (χ1n) is 12.5. The topological polar surface area (TPSA) is 60.3 Å². The van der Waals surface area contributed by atoms with E-state index in [-0.39, 0.29) is 22.5 Å². The summed E-state index contributed by atoms with van der Waals surface area (Å²) < 4.78 is 6.85. The second kappa shape index (κ2) is 8.71. The Balaban J connectivity index is 1.87. The van der Waals surface area contributed by atoms with Crippen LogP contribution in [0.1, 0.15) is 71.3 Å². The van der Waals surface area contributed by atoms with E-state index in [2.05, 4.69) is 39.1 Å². The SMILES string of the molecule is COC(=O)c1cc2c(n(Cc3ccccc3)c1=O)-c1cc(C)c3c(c1CC2C(C)(C)C)CCCN3. The van der Waals surface area contributed by atoms with Crippen LogP contribution in [0, 0.1) is 12.3 Å². The zero-order valence-corrected chi connectivity index (χ0v) is 21.3. The molecule has 1 aromatic heterocycles. The van der Waals surface area contributed by atoms with Gasteiger partial charge in [-0.05, 0) is 77.5 Å². The monoisotopic (exact) mass is 470 g/mol. The predicted octanol–water partition coefficient (Wildman–Crippen LogP) is 5.70. The minimum absolute atomic E-state index is 0.0608. The smallest absolute Gasteiger partial charge is 0.343 e. The normalized spacial score (nSPS) is 16.5. The summed E-state index contributed by atoms with van der Waals surface area (Å²) in [6.07, 6.45) is 3.04. The maximum absolute atomic E-state index is 13.8. The van der Waals surface area contributed by atoms with Crippen LogP contribution < -0.4 is 10.9 Å². The average Bonchev–Trinajstić information content (AvgIpc) is 2.84. The molecule has 1 aliphatic carbocycles. The number of benzene rings is 2. The number of aromatic nitrogens is 1. The Bertz CT molecular complexity index is 1360. The highest BCUT2D eigenvalue weighted by atomic mass is 16.5. The lowest BCUT2D eigenvalue weighted by Gasteiger charge is -2.40. The van der Waals surface area contributed by atoms with Gasteiger partial charge < -0.3 is 14.6 Å². The molecule has 0 saturated carbocycles. The van der Waals surface area contributed by atoms with Crippen molar-refractivity contribution in [3.8, 4) is 11.3 Å². The molecule has 5 heteroatoms. The number of fused-ring (bicyclic) bond motifs is 5. The quantitative estimate of drug-likeness (QED) is 0.499. The number of hydrogen-bond acceptors (Lipinski definition) is 4. The van der Waals surface area contributed by atoms with E-state index in [1.165, 1.54) is 29.5 Å². The molecule has 3 aromatic rings. The molecule has 1 unspecified atom stereocenters. The van der Waals surface area contributed by atoms with Crippen LogP contribution in [0.15, 0.2) is 47.3 Å². The summed E-state index contributed by atoms with van der Waals surface area (Å²) in [6, 6.07) is 14.0. The second-order valence-corrected chi connectivity index (χ2v) is 11.0. The number of nitrogens with one attached hydrogen (secondary N) is 1. The van der Waals surface area contributed by atoms with E-state index in [0.29, 0.717) is 6.54 Å². The minimum Gasteiger partial charge on any atom is -0.465 e. The molecule has 0 spiro atoms. The molecular weight excluding hydrogens is 436 g/mol.